The topological polar surface area (TPSA) is 108 Å². The van der Waals surface area contributed by atoms with Crippen LogP contribution < -0.4 is 15.4 Å². The van der Waals surface area contributed by atoms with Gasteiger partial charge in [0, 0.05) is 13.0 Å². The SMILES string of the molecule is COc1ccc(CN2C(=O)N[C@H](CCC(=O)NCCc3ccc(O)cc3)C2=O)cc1. The molecule has 2 aromatic carbocycles. The van der Waals surface area contributed by atoms with Crippen molar-refractivity contribution < 1.29 is 24.2 Å². The van der Waals surface area contributed by atoms with Crippen molar-refractivity contribution in [2.75, 3.05) is 13.7 Å². The molecule has 30 heavy (non-hydrogen) atoms. The maximum Gasteiger partial charge on any atom is 0.325 e. The summed E-state index contributed by atoms with van der Waals surface area (Å²) < 4.78 is 5.10. The second-order valence-corrected chi connectivity index (χ2v) is 7.08. The summed E-state index contributed by atoms with van der Waals surface area (Å²) in [7, 11) is 1.57. The predicted octanol–water partition coefficient (Wildman–Crippen LogP) is 1.96. The summed E-state index contributed by atoms with van der Waals surface area (Å²) in [5.41, 5.74) is 1.81. The predicted molar refractivity (Wildman–Crippen MR) is 110 cm³/mol. The molecule has 0 saturated carbocycles. The molecule has 0 radical (unpaired) electrons. The van der Waals surface area contributed by atoms with E-state index < -0.39 is 12.1 Å². The van der Waals surface area contributed by atoms with E-state index in [9.17, 15) is 19.5 Å². The van der Waals surface area contributed by atoms with Gasteiger partial charge in [0.05, 0.1) is 13.7 Å². The van der Waals surface area contributed by atoms with Gasteiger partial charge in [-0.15, -0.1) is 0 Å². The molecule has 1 aliphatic heterocycles. The number of carbonyl (C=O) groups excluding carboxylic acids is 3. The second-order valence-electron chi connectivity index (χ2n) is 7.08. The van der Waals surface area contributed by atoms with Gasteiger partial charge in [0.2, 0.25) is 5.91 Å². The first-order valence-electron chi connectivity index (χ1n) is 9.75. The third kappa shape index (κ3) is 5.50. The molecule has 0 aromatic heterocycles. The molecule has 1 heterocycles. The van der Waals surface area contributed by atoms with E-state index in [-0.39, 0.29) is 37.0 Å². The number of benzene rings is 2. The highest BCUT2D eigenvalue weighted by atomic mass is 16.5. The number of urea groups is 1. The monoisotopic (exact) mass is 411 g/mol. The van der Waals surface area contributed by atoms with Crippen LogP contribution in [-0.2, 0) is 22.6 Å². The number of hydrogen-bond acceptors (Lipinski definition) is 5. The van der Waals surface area contributed by atoms with Crippen molar-refractivity contribution in [3.63, 3.8) is 0 Å². The Hall–Kier alpha value is -3.55. The Bertz CT molecular complexity index is 896. The maximum absolute atomic E-state index is 12.5. The number of nitrogens with one attached hydrogen (secondary N) is 2. The van der Waals surface area contributed by atoms with E-state index in [2.05, 4.69) is 10.6 Å². The van der Waals surface area contributed by atoms with E-state index in [1.807, 2.05) is 0 Å². The third-order valence-corrected chi connectivity index (χ3v) is 4.94. The minimum atomic E-state index is -0.696. The smallest absolute Gasteiger partial charge is 0.325 e. The van der Waals surface area contributed by atoms with Gasteiger partial charge in [-0.3, -0.25) is 14.5 Å². The lowest BCUT2D eigenvalue weighted by molar-refractivity contribution is -0.128. The fourth-order valence-electron chi connectivity index (χ4n) is 3.21. The van der Waals surface area contributed by atoms with Crippen molar-refractivity contribution in [3.05, 3.63) is 59.7 Å². The Morgan fingerprint density at radius 1 is 1.10 bits per heavy atom. The minimum Gasteiger partial charge on any atom is -0.508 e. The Kier molecular flexibility index (Phi) is 6.90. The zero-order valence-electron chi connectivity index (χ0n) is 16.8. The van der Waals surface area contributed by atoms with E-state index in [4.69, 9.17) is 4.74 Å². The van der Waals surface area contributed by atoms with Gasteiger partial charge < -0.3 is 20.5 Å². The molecule has 0 spiro atoms. The van der Waals surface area contributed by atoms with Gasteiger partial charge in [-0.25, -0.2) is 4.79 Å². The van der Waals surface area contributed by atoms with Crippen LogP contribution in [0.3, 0.4) is 0 Å². The van der Waals surface area contributed by atoms with Crippen molar-refractivity contribution in [1.82, 2.24) is 15.5 Å². The molecule has 3 N–H and O–H groups in total. The first kappa shape index (κ1) is 21.2. The molecule has 1 atom stereocenters. The molecule has 3 rings (SSSR count). The summed E-state index contributed by atoms with van der Waals surface area (Å²) in [6.07, 6.45) is 1.03. The number of phenols is 1. The fraction of sp³-hybridized carbons (Fsp3) is 0.318. The first-order chi connectivity index (χ1) is 14.5. The quantitative estimate of drug-likeness (QED) is 0.547. The number of rotatable bonds is 9. The third-order valence-electron chi connectivity index (χ3n) is 4.94. The Morgan fingerprint density at radius 3 is 2.43 bits per heavy atom. The Morgan fingerprint density at radius 2 is 1.77 bits per heavy atom. The number of methoxy groups -OCH3 is 1. The lowest BCUT2D eigenvalue weighted by Crippen LogP contribution is -2.33. The summed E-state index contributed by atoms with van der Waals surface area (Å²) in [5, 5.41) is 14.7. The molecule has 1 saturated heterocycles. The van der Waals surface area contributed by atoms with Crippen LogP contribution in [0.5, 0.6) is 11.5 Å². The Balaban J connectivity index is 1.42. The van der Waals surface area contributed by atoms with Gasteiger partial charge in [0.15, 0.2) is 0 Å². The summed E-state index contributed by atoms with van der Waals surface area (Å²) in [6, 6.07) is 12.8. The van der Waals surface area contributed by atoms with Crippen molar-refractivity contribution in [2.45, 2.75) is 31.8 Å². The van der Waals surface area contributed by atoms with Gasteiger partial charge in [-0.1, -0.05) is 24.3 Å². The number of carbonyl (C=O) groups is 3. The van der Waals surface area contributed by atoms with Gasteiger partial charge in [-0.05, 0) is 48.2 Å². The van der Waals surface area contributed by atoms with Crippen molar-refractivity contribution in [1.29, 1.82) is 0 Å². The largest absolute Gasteiger partial charge is 0.508 e. The first-order valence-corrected chi connectivity index (χ1v) is 9.75. The molecular formula is C22H25N3O5. The summed E-state index contributed by atoms with van der Waals surface area (Å²) in [6.45, 7) is 0.627. The molecule has 0 unspecified atom stereocenters. The molecule has 8 nitrogen and oxygen atoms in total. The summed E-state index contributed by atoms with van der Waals surface area (Å²) in [4.78, 5) is 37.9. The van der Waals surface area contributed by atoms with Gasteiger partial charge in [0.25, 0.3) is 5.91 Å². The molecular weight excluding hydrogens is 386 g/mol. The molecule has 8 heteroatoms. The molecule has 1 aliphatic rings. The number of phenolic OH excluding ortho intramolecular Hbond substituents is 1. The zero-order valence-corrected chi connectivity index (χ0v) is 16.8. The molecule has 4 amide bonds. The van der Waals surface area contributed by atoms with E-state index in [1.165, 1.54) is 0 Å². The van der Waals surface area contributed by atoms with Crippen LogP contribution >= 0.6 is 0 Å². The number of amides is 4. The van der Waals surface area contributed by atoms with Crippen LogP contribution in [0.4, 0.5) is 4.79 Å². The van der Waals surface area contributed by atoms with Gasteiger partial charge in [0.1, 0.15) is 17.5 Å². The van der Waals surface area contributed by atoms with Crippen molar-refractivity contribution >= 4 is 17.8 Å². The Labute approximate surface area is 174 Å². The van der Waals surface area contributed by atoms with E-state index in [1.54, 1.807) is 55.6 Å². The average Bonchev–Trinajstić information content (AvgIpc) is 3.02. The van der Waals surface area contributed by atoms with Crippen LogP contribution in [0.25, 0.3) is 0 Å². The lowest BCUT2D eigenvalue weighted by atomic mass is 10.1. The number of imide groups is 1. The van der Waals surface area contributed by atoms with E-state index >= 15 is 0 Å². The fourth-order valence-corrected chi connectivity index (χ4v) is 3.21. The maximum atomic E-state index is 12.5. The standard InChI is InChI=1S/C22H25N3O5/c1-30-18-8-4-16(5-9-18)14-25-21(28)19(24-22(25)29)10-11-20(27)23-13-12-15-2-6-17(26)7-3-15/h2-9,19,26H,10-14H2,1H3,(H,23,27)(H,24,29)/t19-/m1/s1. The number of nitrogens with zero attached hydrogens (tertiary/aromatic N) is 1. The van der Waals surface area contributed by atoms with Crippen molar-refractivity contribution in [2.24, 2.45) is 0 Å². The molecule has 2 aromatic rings. The normalized spacial score (nSPS) is 15.8. The zero-order chi connectivity index (χ0) is 21.5. The molecule has 0 aliphatic carbocycles. The summed E-state index contributed by atoms with van der Waals surface area (Å²) >= 11 is 0. The number of hydrogen-bond donors (Lipinski definition) is 3. The molecule has 1 fully saturated rings. The number of ether oxygens (including phenoxy) is 1. The molecule has 158 valence electrons. The number of aromatic hydroxyl groups is 1. The highest BCUT2D eigenvalue weighted by Crippen LogP contribution is 2.17. The summed E-state index contributed by atoms with van der Waals surface area (Å²) in [5.74, 6) is 0.398. The highest BCUT2D eigenvalue weighted by molar-refractivity contribution is 6.04. The van der Waals surface area contributed by atoms with E-state index in [0.717, 1.165) is 16.0 Å². The minimum absolute atomic E-state index is 0.142. The van der Waals surface area contributed by atoms with Gasteiger partial charge >= 0.3 is 6.03 Å². The van der Waals surface area contributed by atoms with Crippen molar-refractivity contribution in [3.8, 4) is 11.5 Å². The van der Waals surface area contributed by atoms with Crippen LogP contribution in [-0.4, -0.2) is 47.5 Å². The lowest BCUT2D eigenvalue weighted by Gasteiger charge is -2.13. The average molecular weight is 411 g/mol. The molecule has 0 bridgehead atoms. The van der Waals surface area contributed by atoms with Crippen LogP contribution in [0.2, 0.25) is 0 Å². The second kappa shape index (κ2) is 9.78. The van der Waals surface area contributed by atoms with Crippen LogP contribution in [0.15, 0.2) is 48.5 Å². The highest BCUT2D eigenvalue weighted by Gasteiger charge is 2.37. The van der Waals surface area contributed by atoms with Crippen LogP contribution in [0, 0.1) is 0 Å². The van der Waals surface area contributed by atoms with E-state index in [0.29, 0.717) is 18.7 Å². The van der Waals surface area contributed by atoms with Crippen LogP contribution in [0.1, 0.15) is 24.0 Å². The van der Waals surface area contributed by atoms with Gasteiger partial charge in [-0.2, -0.15) is 0 Å².